The van der Waals surface area contributed by atoms with Gasteiger partial charge in [0.25, 0.3) is 0 Å². The van der Waals surface area contributed by atoms with Crippen LogP contribution in [0.4, 0.5) is 0 Å². The highest BCUT2D eigenvalue weighted by atomic mass is 14.3. The Hall–Kier alpha value is -3.90. The van der Waals surface area contributed by atoms with Crippen LogP contribution in [0.3, 0.4) is 0 Å². The molecule has 0 aromatic heterocycles. The molecule has 3 aliphatic rings. The number of hydrogen-bond acceptors (Lipinski definition) is 0. The van der Waals surface area contributed by atoms with E-state index in [1.807, 2.05) is 0 Å². The van der Waals surface area contributed by atoms with Crippen molar-refractivity contribution in [2.24, 2.45) is 0 Å². The molecule has 0 fully saturated rings. The van der Waals surface area contributed by atoms with Gasteiger partial charge in [0.15, 0.2) is 0 Å². The van der Waals surface area contributed by atoms with E-state index in [0.717, 1.165) is 12.8 Å². The number of allylic oxidation sites excluding steroid dienone is 2. The second-order valence-electron chi connectivity index (χ2n) is 9.59. The molecule has 0 N–H and O–H groups in total. The summed E-state index contributed by atoms with van der Waals surface area (Å²) < 4.78 is 0. The molecule has 162 valence electrons. The van der Waals surface area contributed by atoms with E-state index in [1.54, 1.807) is 11.1 Å². The minimum Gasteiger partial charge on any atom is -0.0620 e. The summed E-state index contributed by atoms with van der Waals surface area (Å²) in [4.78, 5) is 0. The maximum atomic E-state index is 2.29. The van der Waals surface area contributed by atoms with Crippen LogP contribution in [0.1, 0.15) is 39.8 Å². The van der Waals surface area contributed by atoms with E-state index in [0.29, 0.717) is 0 Å². The molecule has 8 rings (SSSR count). The Labute approximate surface area is 201 Å². The van der Waals surface area contributed by atoms with Gasteiger partial charge in [-0.1, -0.05) is 109 Å². The van der Waals surface area contributed by atoms with Crippen LogP contribution in [0.25, 0.3) is 33.0 Å². The fourth-order valence-electron chi connectivity index (χ4n) is 6.17. The monoisotopic (exact) mass is 434 g/mol. The zero-order valence-electron chi connectivity index (χ0n) is 19.2. The second-order valence-corrected chi connectivity index (χ2v) is 9.59. The van der Waals surface area contributed by atoms with E-state index in [9.17, 15) is 0 Å². The van der Waals surface area contributed by atoms with Crippen molar-refractivity contribution in [3.05, 3.63) is 143 Å². The lowest BCUT2D eigenvalue weighted by Gasteiger charge is -2.18. The molecule has 0 heterocycles. The van der Waals surface area contributed by atoms with E-state index in [4.69, 9.17) is 0 Å². The van der Waals surface area contributed by atoms with Gasteiger partial charge in [-0.3, -0.25) is 0 Å². The molecule has 34 heavy (non-hydrogen) atoms. The lowest BCUT2D eigenvalue weighted by molar-refractivity contribution is 0.996. The molecule has 0 saturated heterocycles. The molecule has 5 aromatic rings. The predicted molar refractivity (Wildman–Crippen MR) is 144 cm³/mol. The van der Waals surface area contributed by atoms with Gasteiger partial charge in [-0.2, -0.15) is 0 Å². The largest absolute Gasteiger partial charge is 0.0620 e. The number of fused-ring (bicyclic) bond motifs is 9. The Kier molecular flexibility index (Phi) is 4.52. The molecule has 0 nitrogen and oxygen atoms in total. The molecule has 0 saturated carbocycles. The van der Waals surface area contributed by atoms with Crippen molar-refractivity contribution in [2.75, 3.05) is 0 Å². The second kappa shape index (κ2) is 7.85. The molecular weight excluding hydrogens is 408 g/mol. The van der Waals surface area contributed by atoms with E-state index >= 15 is 0 Å². The highest BCUT2D eigenvalue weighted by molar-refractivity contribution is 5.99. The zero-order chi connectivity index (χ0) is 22.5. The maximum Gasteiger partial charge on any atom is -0.000729 e. The van der Waals surface area contributed by atoms with Crippen molar-refractivity contribution >= 4 is 21.9 Å². The van der Waals surface area contributed by atoms with Crippen LogP contribution in [0.5, 0.6) is 0 Å². The van der Waals surface area contributed by atoms with Crippen LogP contribution in [-0.2, 0) is 19.3 Å². The Morgan fingerprint density at radius 2 is 1.00 bits per heavy atom. The number of rotatable bonds is 0. The quantitative estimate of drug-likeness (QED) is 0.225. The molecule has 0 radical (unpaired) electrons. The summed E-state index contributed by atoms with van der Waals surface area (Å²) in [7, 11) is 0. The molecule has 0 bridgehead atoms. The fourth-order valence-corrected chi connectivity index (χ4v) is 6.17. The van der Waals surface area contributed by atoms with Crippen LogP contribution in [0, 0.1) is 0 Å². The first-order valence-electron chi connectivity index (χ1n) is 12.3. The lowest BCUT2D eigenvalue weighted by atomic mass is 9.86. The average molecular weight is 435 g/mol. The Bertz CT molecular complexity index is 1600. The summed E-state index contributed by atoms with van der Waals surface area (Å²) in [5, 5.41) is 2.75. The number of benzene rings is 5. The van der Waals surface area contributed by atoms with E-state index in [1.165, 1.54) is 68.1 Å². The van der Waals surface area contributed by atoms with Crippen molar-refractivity contribution < 1.29 is 0 Å². The molecule has 0 spiro atoms. The molecular formula is C34H26. The number of hydrogen-bond donors (Lipinski definition) is 0. The molecule has 3 aliphatic carbocycles. The van der Waals surface area contributed by atoms with Gasteiger partial charge in [-0.15, -0.1) is 0 Å². The average Bonchev–Trinajstić information content (AvgIpc) is 3.48. The Balaban J connectivity index is 0.000000118. The minimum absolute atomic E-state index is 1.08. The van der Waals surface area contributed by atoms with Crippen LogP contribution in [0.2, 0.25) is 0 Å². The molecule has 0 aliphatic heterocycles. The molecule has 0 atom stereocenters. The van der Waals surface area contributed by atoms with Crippen LogP contribution < -0.4 is 0 Å². The maximum absolute atomic E-state index is 2.29. The highest BCUT2D eigenvalue weighted by Crippen LogP contribution is 2.44. The first-order chi connectivity index (χ1) is 16.9. The summed E-state index contributed by atoms with van der Waals surface area (Å²) in [6.07, 6.45) is 4.61. The SMILES string of the molecule is c1ccc2c(c1)CCC1=C2Cc2ccccc21.c1ccc2c(c1)Cc1c-2ccc2ccccc12. The van der Waals surface area contributed by atoms with Gasteiger partial charge >= 0.3 is 0 Å². The van der Waals surface area contributed by atoms with Crippen LogP contribution >= 0.6 is 0 Å². The van der Waals surface area contributed by atoms with E-state index in [-0.39, 0.29) is 0 Å². The van der Waals surface area contributed by atoms with Gasteiger partial charge in [-0.25, -0.2) is 0 Å². The van der Waals surface area contributed by atoms with E-state index in [2.05, 4.69) is 109 Å². The third-order valence-corrected chi connectivity index (χ3v) is 7.78. The smallest absolute Gasteiger partial charge is 0.000729 e. The molecule has 0 amide bonds. The number of aryl methyl sites for hydroxylation is 1. The zero-order valence-corrected chi connectivity index (χ0v) is 19.2. The van der Waals surface area contributed by atoms with Crippen molar-refractivity contribution in [1.29, 1.82) is 0 Å². The van der Waals surface area contributed by atoms with Crippen LogP contribution in [-0.4, -0.2) is 0 Å². The topological polar surface area (TPSA) is 0 Å². The summed E-state index contributed by atoms with van der Waals surface area (Å²) in [5.41, 5.74) is 15.0. The molecule has 5 aromatic carbocycles. The van der Waals surface area contributed by atoms with Gasteiger partial charge in [0.1, 0.15) is 0 Å². The predicted octanol–water partition coefficient (Wildman–Crippen LogP) is 8.51. The standard InChI is InChI=1S/C17H14.C17H12/c2*1-3-7-14-12(5-1)9-10-16-15-8-4-2-6-13(15)11-17(14)16/h1-8H,9-11H2;1-10H,11H2. The highest BCUT2D eigenvalue weighted by Gasteiger charge is 2.26. The normalized spacial score (nSPS) is 14.5. The van der Waals surface area contributed by atoms with Crippen molar-refractivity contribution in [3.63, 3.8) is 0 Å². The van der Waals surface area contributed by atoms with Crippen molar-refractivity contribution in [2.45, 2.75) is 25.7 Å². The Morgan fingerprint density at radius 1 is 0.382 bits per heavy atom. The summed E-state index contributed by atoms with van der Waals surface area (Å²) in [6, 6.07) is 39.7. The van der Waals surface area contributed by atoms with Gasteiger partial charge < -0.3 is 0 Å². The summed E-state index contributed by atoms with van der Waals surface area (Å²) in [6.45, 7) is 0. The summed E-state index contributed by atoms with van der Waals surface area (Å²) in [5.74, 6) is 0. The van der Waals surface area contributed by atoms with Gasteiger partial charge in [-0.05, 0) is 92.1 Å². The fraction of sp³-hybridized carbons (Fsp3) is 0.118. The lowest BCUT2D eigenvalue weighted by Crippen LogP contribution is -2.01. The molecule has 0 unspecified atom stereocenters. The first kappa shape index (κ1) is 19.6. The van der Waals surface area contributed by atoms with Gasteiger partial charge in [0.2, 0.25) is 0 Å². The van der Waals surface area contributed by atoms with E-state index < -0.39 is 0 Å². The van der Waals surface area contributed by atoms with Crippen molar-refractivity contribution in [1.82, 2.24) is 0 Å². The first-order valence-corrected chi connectivity index (χ1v) is 12.3. The molecule has 0 heteroatoms. The van der Waals surface area contributed by atoms with Gasteiger partial charge in [0.05, 0.1) is 0 Å². The van der Waals surface area contributed by atoms with Crippen LogP contribution in [0.15, 0.2) is 109 Å². The third kappa shape index (κ3) is 3.06. The van der Waals surface area contributed by atoms with Crippen molar-refractivity contribution in [3.8, 4) is 11.1 Å². The Morgan fingerprint density at radius 3 is 1.82 bits per heavy atom. The summed E-state index contributed by atoms with van der Waals surface area (Å²) >= 11 is 0. The third-order valence-electron chi connectivity index (χ3n) is 7.78. The minimum atomic E-state index is 1.08. The van der Waals surface area contributed by atoms with Gasteiger partial charge in [0, 0.05) is 0 Å².